The summed E-state index contributed by atoms with van der Waals surface area (Å²) in [7, 11) is 1.35. The third kappa shape index (κ3) is 4.24. The van der Waals surface area contributed by atoms with Gasteiger partial charge in [-0.05, 0) is 31.5 Å². The molecular formula is C12H17ClN2O2. The van der Waals surface area contributed by atoms with Gasteiger partial charge in [-0.15, -0.1) is 0 Å². The molecule has 0 aromatic heterocycles. The molecule has 0 heterocycles. The van der Waals surface area contributed by atoms with E-state index < -0.39 is 0 Å². The molecule has 0 spiro atoms. The Labute approximate surface area is 106 Å². The largest absolute Gasteiger partial charge is 0.465 e. The summed E-state index contributed by atoms with van der Waals surface area (Å²) in [6.45, 7) is 2.65. The van der Waals surface area contributed by atoms with Gasteiger partial charge in [0.15, 0.2) is 0 Å². The highest BCUT2D eigenvalue weighted by atomic mass is 35.5. The van der Waals surface area contributed by atoms with Crippen LogP contribution in [0.5, 0.6) is 0 Å². The molecule has 1 unspecified atom stereocenters. The van der Waals surface area contributed by atoms with E-state index in [1.165, 1.54) is 7.11 Å². The van der Waals surface area contributed by atoms with E-state index in [1.54, 1.807) is 18.2 Å². The second-order valence-electron chi connectivity index (χ2n) is 3.88. The van der Waals surface area contributed by atoms with Gasteiger partial charge in [0, 0.05) is 12.6 Å². The topological polar surface area (TPSA) is 64.3 Å². The Morgan fingerprint density at radius 2 is 2.29 bits per heavy atom. The van der Waals surface area contributed by atoms with Crippen LogP contribution >= 0.6 is 11.6 Å². The van der Waals surface area contributed by atoms with Crippen molar-refractivity contribution >= 4 is 23.3 Å². The highest BCUT2D eigenvalue weighted by molar-refractivity contribution is 6.33. The molecule has 3 N–H and O–H groups in total. The average Bonchev–Trinajstić information content (AvgIpc) is 2.30. The standard InChI is InChI=1S/C12H17ClN2O2/c1-8(14)5-6-15-11-7-9(12(16)17-2)3-4-10(11)13/h3-4,7-8,15H,5-6,14H2,1-2H3. The number of rotatable bonds is 5. The van der Waals surface area contributed by atoms with Crippen LogP contribution in [0.2, 0.25) is 5.02 Å². The van der Waals surface area contributed by atoms with Crippen LogP contribution in [0.25, 0.3) is 0 Å². The lowest BCUT2D eigenvalue weighted by Crippen LogP contribution is -2.19. The molecule has 4 nitrogen and oxygen atoms in total. The molecule has 0 radical (unpaired) electrons. The van der Waals surface area contributed by atoms with Crippen LogP contribution in [-0.4, -0.2) is 25.7 Å². The molecule has 5 heteroatoms. The Kier molecular flexibility index (Phi) is 5.25. The summed E-state index contributed by atoms with van der Waals surface area (Å²) in [5.74, 6) is -0.378. The molecule has 0 amide bonds. The van der Waals surface area contributed by atoms with Crippen molar-refractivity contribution in [2.45, 2.75) is 19.4 Å². The summed E-state index contributed by atoms with van der Waals surface area (Å²) in [5, 5.41) is 3.72. The first-order valence-corrected chi connectivity index (χ1v) is 5.79. The van der Waals surface area contributed by atoms with Crippen molar-refractivity contribution in [1.82, 2.24) is 0 Å². The predicted octanol–water partition coefficient (Wildman–Crippen LogP) is 2.28. The number of hydrogen-bond donors (Lipinski definition) is 2. The summed E-state index contributed by atoms with van der Waals surface area (Å²) >= 11 is 6.01. The van der Waals surface area contributed by atoms with E-state index >= 15 is 0 Å². The Hall–Kier alpha value is -1.26. The molecule has 1 aromatic carbocycles. The molecule has 94 valence electrons. The number of nitrogens with one attached hydrogen (secondary N) is 1. The smallest absolute Gasteiger partial charge is 0.337 e. The SMILES string of the molecule is COC(=O)c1ccc(Cl)c(NCCC(C)N)c1. The number of halogens is 1. The number of nitrogens with two attached hydrogens (primary N) is 1. The maximum Gasteiger partial charge on any atom is 0.337 e. The van der Waals surface area contributed by atoms with Crippen LogP contribution in [-0.2, 0) is 4.74 Å². The minimum atomic E-state index is -0.378. The van der Waals surface area contributed by atoms with Gasteiger partial charge >= 0.3 is 5.97 Å². The Morgan fingerprint density at radius 3 is 2.88 bits per heavy atom. The van der Waals surface area contributed by atoms with Crippen LogP contribution in [0.15, 0.2) is 18.2 Å². The molecule has 1 rings (SSSR count). The van der Waals surface area contributed by atoms with Gasteiger partial charge in [0.05, 0.1) is 23.4 Å². The average molecular weight is 257 g/mol. The molecule has 0 saturated heterocycles. The zero-order chi connectivity index (χ0) is 12.8. The zero-order valence-corrected chi connectivity index (χ0v) is 10.8. The van der Waals surface area contributed by atoms with Crippen LogP contribution in [0.3, 0.4) is 0 Å². The molecule has 1 atom stereocenters. The summed E-state index contributed by atoms with van der Waals surface area (Å²) in [6, 6.07) is 5.10. The molecular weight excluding hydrogens is 240 g/mol. The van der Waals surface area contributed by atoms with Crippen molar-refractivity contribution in [1.29, 1.82) is 0 Å². The molecule has 17 heavy (non-hydrogen) atoms. The van der Waals surface area contributed by atoms with Crippen molar-refractivity contribution in [3.8, 4) is 0 Å². The number of carbonyl (C=O) groups excluding carboxylic acids is 1. The Morgan fingerprint density at radius 1 is 1.59 bits per heavy atom. The van der Waals surface area contributed by atoms with E-state index in [1.807, 2.05) is 6.92 Å². The van der Waals surface area contributed by atoms with Crippen molar-refractivity contribution < 1.29 is 9.53 Å². The van der Waals surface area contributed by atoms with Crippen molar-refractivity contribution in [2.75, 3.05) is 19.0 Å². The normalized spacial score (nSPS) is 12.0. The van der Waals surface area contributed by atoms with E-state index in [-0.39, 0.29) is 12.0 Å². The number of methoxy groups -OCH3 is 1. The van der Waals surface area contributed by atoms with Crippen LogP contribution in [0, 0.1) is 0 Å². The van der Waals surface area contributed by atoms with Gasteiger partial charge < -0.3 is 15.8 Å². The number of ether oxygens (including phenoxy) is 1. The van der Waals surface area contributed by atoms with E-state index in [2.05, 4.69) is 10.1 Å². The molecule has 0 aliphatic rings. The molecule has 0 bridgehead atoms. The minimum Gasteiger partial charge on any atom is -0.465 e. The van der Waals surface area contributed by atoms with Gasteiger partial charge in [0.25, 0.3) is 0 Å². The van der Waals surface area contributed by atoms with Crippen molar-refractivity contribution in [2.24, 2.45) is 5.73 Å². The zero-order valence-electron chi connectivity index (χ0n) is 10.00. The summed E-state index contributed by atoms with van der Waals surface area (Å²) in [4.78, 5) is 11.3. The van der Waals surface area contributed by atoms with E-state index in [0.717, 1.165) is 12.1 Å². The van der Waals surface area contributed by atoms with Gasteiger partial charge in [-0.3, -0.25) is 0 Å². The van der Waals surface area contributed by atoms with Crippen molar-refractivity contribution in [3.63, 3.8) is 0 Å². The molecule has 0 fully saturated rings. The van der Waals surface area contributed by atoms with E-state index in [9.17, 15) is 4.79 Å². The maximum absolute atomic E-state index is 11.3. The first-order chi connectivity index (χ1) is 8.04. The first-order valence-electron chi connectivity index (χ1n) is 5.42. The summed E-state index contributed by atoms with van der Waals surface area (Å²) in [6.07, 6.45) is 0.832. The van der Waals surface area contributed by atoms with Gasteiger partial charge in [-0.1, -0.05) is 11.6 Å². The monoisotopic (exact) mass is 256 g/mol. The second-order valence-corrected chi connectivity index (χ2v) is 4.29. The fourth-order valence-corrected chi connectivity index (χ4v) is 1.52. The Bertz CT molecular complexity index is 394. The summed E-state index contributed by atoms with van der Waals surface area (Å²) < 4.78 is 4.64. The van der Waals surface area contributed by atoms with Gasteiger partial charge in [0.1, 0.15) is 0 Å². The lowest BCUT2D eigenvalue weighted by atomic mass is 10.2. The highest BCUT2D eigenvalue weighted by Gasteiger charge is 2.08. The number of carbonyl (C=O) groups is 1. The highest BCUT2D eigenvalue weighted by Crippen LogP contribution is 2.23. The van der Waals surface area contributed by atoms with Crippen molar-refractivity contribution in [3.05, 3.63) is 28.8 Å². The third-order valence-corrected chi connectivity index (χ3v) is 2.63. The van der Waals surface area contributed by atoms with E-state index in [4.69, 9.17) is 17.3 Å². The molecule has 0 saturated carbocycles. The molecule has 1 aromatic rings. The Balaban J connectivity index is 2.73. The lowest BCUT2D eigenvalue weighted by molar-refractivity contribution is 0.0601. The number of hydrogen-bond acceptors (Lipinski definition) is 4. The minimum absolute atomic E-state index is 0.130. The van der Waals surface area contributed by atoms with Gasteiger partial charge in [-0.2, -0.15) is 0 Å². The molecule has 0 aliphatic carbocycles. The van der Waals surface area contributed by atoms with Crippen LogP contribution in [0.4, 0.5) is 5.69 Å². The lowest BCUT2D eigenvalue weighted by Gasteiger charge is -2.11. The second kappa shape index (κ2) is 6.47. The van der Waals surface area contributed by atoms with Gasteiger partial charge in [0.2, 0.25) is 0 Å². The fourth-order valence-electron chi connectivity index (χ4n) is 1.34. The third-order valence-electron chi connectivity index (χ3n) is 2.30. The first kappa shape index (κ1) is 13.8. The number of benzene rings is 1. The quantitative estimate of drug-likeness (QED) is 0.794. The number of anilines is 1. The maximum atomic E-state index is 11.3. The van der Waals surface area contributed by atoms with Gasteiger partial charge in [-0.25, -0.2) is 4.79 Å². The van der Waals surface area contributed by atoms with Crippen LogP contribution in [0.1, 0.15) is 23.7 Å². The fraction of sp³-hybridized carbons (Fsp3) is 0.417. The predicted molar refractivity (Wildman–Crippen MR) is 69.5 cm³/mol. The van der Waals surface area contributed by atoms with E-state index in [0.29, 0.717) is 17.1 Å². The van der Waals surface area contributed by atoms with Crippen LogP contribution < -0.4 is 11.1 Å². The number of esters is 1. The summed E-state index contributed by atoms with van der Waals surface area (Å²) in [5.41, 5.74) is 6.84. The molecule has 0 aliphatic heterocycles.